The Bertz CT molecular complexity index is 839. The quantitative estimate of drug-likeness (QED) is 0.860. The summed E-state index contributed by atoms with van der Waals surface area (Å²) in [6.45, 7) is 5.85. The number of pyridine rings is 1. The number of carbonyl (C=O) groups is 1. The molecule has 27 heavy (non-hydrogen) atoms. The maximum atomic E-state index is 12.8. The van der Waals surface area contributed by atoms with Gasteiger partial charge in [-0.3, -0.25) is 10.1 Å². The van der Waals surface area contributed by atoms with E-state index in [1.54, 1.807) is 43.7 Å². The maximum absolute atomic E-state index is 12.8. The monoisotopic (exact) mass is 370 g/mol. The van der Waals surface area contributed by atoms with Crippen molar-refractivity contribution in [1.29, 1.82) is 0 Å². The van der Waals surface area contributed by atoms with E-state index in [-0.39, 0.29) is 23.4 Å². The van der Waals surface area contributed by atoms with E-state index >= 15 is 0 Å². The van der Waals surface area contributed by atoms with E-state index in [1.165, 1.54) is 0 Å². The molecule has 1 N–H and O–H groups in total. The van der Waals surface area contributed by atoms with Gasteiger partial charge in [-0.15, -0.1) is 0 Å². The molecule has 0 aliphatic heterocycles. The Morgan fingerprint density at radius 1 is 1.15 bits per heavy atom. The van der Waals surface area contributed by atoms with Gasteiger partial charge in [0, 0.05) is 6.20 Å². The Labute approximate surface area is 159 Å². The van der Waals surface area contributed by atoms with Gasteiger partial charge in [-0.05, 0) is 51.3 Å². The molecular formula is C21H26N2O4. The molecule has 6 heteroatoms. The van der Waals surface area contributed by atoms with Crippen molar-refractivity contribution < 1.29 is 14.3 Å². The molecule has 0 saturated heterocycles. The Kier molecular flexibility index (Phi) is 5.65. The van der Waals surface area contributed by atoms with Crippen LogP contribution in [-0.2, 0) is 16.1 Å². The van der Waals surface area contributed by atoms with Gasteiger partial charge in [0.25, 0.3) is 5.56 Å². The van der Waals surface area contributed by atoms with E-state index in [4.69, 9.17) is 9.47 Å². The molecule has 0 radical (unpaired) electrons. The van der Waals surface area contributed by atoms with E-state index in [0.717, 1.165) is 18.4 Å². The summed E-state index contributed by atoms with van der Waals surface area (Å²) in [4.78, 5) is 24.7. The largest absolute Gasteiger partial charge is 0.444 e. The van der Waals surface area contributed by atoms with Crippen LogP contribution in [0.2, 0.25) is 0 Å². The third kappa shape index (κ3) is 4.98. The van der Waals surface area contributed by atoms with Crippen LogP contribution in [0.1, 0.15) is 45.2 Å². The molecule has 1 aromatic heterocycles. The number of hydrogen-bond donors (Lipinski definition) is 1. The summed E-state index contributed by atoms with van der Waals surface area (Å²) >= 11 is 0. The van der Waals surface area contributed by atoms with Gasteiger partial charge in [-0.25, -0.2) is 4.79 Å². The van der Waals surface area contributed by atoms with Crippen molar-refractivity contribution in [2.45, 2.75) is 58.0 Å². The zero-order chi connectivity index (χ0) is 19.4. The molecule has 1 heterocycles. The summed E-state index contributed by atoms with van der Waals surface area (Å²) in [6, 6.07) is 13.3. The van der Waals surface area contributed by atoms with Gasteiger partial charge in [0.1, 0.15) is 11.3 Å². The van der Waals surface area contributed by atoms with Crippen LogP contribution in [0.4, 0.5) is 10.5 Å². The predicted molar refractivity (Wildman–Crippen MR) is 104 cm³/mol. The number of amides is 1. The summed E-state index contributed by atoms with van der Waals surface area (Å²) in [7, 11) is 0. The first-order valence-electron chi connectivity index (χ1n) is 9.20. The number of rotatable bonds is 5. The molecule has 2 aromatic rings. The number of benzene rings is 1. The normalized spacial score (nSPS) is 19.2. The molecule has 0 bridgehead atoms. The lowest BCUT2D eigenvalue weighted by molar-refractivity contribution is -0.0502. The van der Waals surface area contributed by atoms with Crippen LogP contribution in [0.3, 0.4) is 0 Å². The Morgan fingerprint density at radius 2 is 1.89 bits per heavy atom. The van der Waals surface area contributed by atoms with Crippen molar-refractivity contribution in [3.63, 3.8) is 0 Å². The topological polar surface area (TPSA) is 69.6 Å². The highest BCUT2D eigenvalue weighted by molar-refractivity contribution is 5.84. The van der Waals surface area contributed by atoms with Gasteiger partial charge in [0.15, 0.2) is 0 Å². The van der Waals surface area contributed by atoms with Gasteiger partial charge >= 0.3 is 6.09 Å². The summed E-state index contributed by atoms with van der Waals surface area (Å²) in [5, 5.41) is 2.55. The second-order valence-electron chi connectivity index (χ2n) is 7.74. The molecule has 2 unspecified atom stereocenters. The first kappa shape index (κ1) is 19.2. The Balaban J connectivity index is 1.66. The summed E-state index contributed by atoms with van der Waals surface area (Å²) in [5.41, 5.74) is 0.444. The summed E-state index contributed by atoms with van der Waals surface area (Å²) < 4.78 is 12.9. The molecule has 144 valence electrons. The predicted octanol–water partition coefficient (Wildman–Crippen LogP) is 4.12. The number of nitrogens with one attached hydrogen (secondary N) is 1. The van der Waals surface area contributed by atoms with E-state index in [2.05, 4.69) is 5.32 Å². The lowest BCUT2D eigenvalue weighted by Gasteiger charge is -2.37. The van der Waals surface area contributed by atoms with Crippen molar-refractivity contribution in [3.05, 3.63) is 64.6 Å². The van der Waals surface area contributed by atoms with E-state index in [0.29, 0.717) is 6.61 Å². The van der Waals surface area contributed by atoms with Gasteiger partial charge in [-0.1, -0.05) is 30.3 Å². The number of carbonyl (C=O) groups excluding carboxylic acids is 1. The standard InChI is InChI=1S/C21H26N2O4/c1-21(2,3)27-20(25)22-16-10-7-13-23(19(16)24)17-11-12-18(17)26-14-15-8-5-4-6-9-15/h4-10,13,17-18H,11-12,14H2,1-3H3,(H,22,25). The van der Waals surface area contributed by atoms with Gasteiger partial charge in [0.05, 0.1) is 18.8 Å². The molecule has 1 aliphatic carbocycles. The van der Waals surface area contributed by atoms with Crippen molar-refractivity contribution in [2.24, 2.45) is 0 Å². The van der Waals surface area contributed by atoms with Crippen molar-refractivity contribution >= 4 is 11.8 Å². The number of nitrogens with zero attached hydrogens (tertiary/aromatic N) is 1. The Hall–Kier alpha value is -2.60. The van der Waals surface area contributed by atoms with Crippen LogP contribution in [0.5, 0.6) is 0 Å². The summed E-state index contributed by atoms with van der Waals surface area (Å²) in [5.74, 6) is 0. The van der Waals surface area contributed by atoms with Gasteiger partial charge in [-0.2, -0.15) is 0 Å². The van der Waals surface area contributed by atoms with Gasteiger partial charge < -0.3 is 14.0 Å². The molecule has 3 rings (SSSR count). The molecule has 1 saturated carbocycles. The highest BCUT2D eigenvalue weighted by atomic mass is 16.6. The molecule has 1 aliphatic rings. The van der Waals surface area contributed by atoms with Crippen molar-refractivity contribution in [3.8, 4) is 0 Å². The minimum absolute atomic E-state index is 0.0142. The fourth-order valence-electron chi connectivity index (χ4n) is 3.02. The minimum Gasteiger partial charge on any atom is -0.444 e. The molecule has 1 fully saturated rings. The molecule has 1 amide bonds. The smallest absolute Gasteiger partial charge is 0.412 e. The Morgan fingerprint density at radius 3 is 2.52 bits per heavy atom. The lowest BCUT2D eigenvalue weighted by Crippen LogP contribution is -2.41. The molecule has 0 spiro atoms. The fourth-order valence-corrected chi connectivity index (χ4v) is 3.02. The average molecular weight is 370 g/mol. The highest BCUT2D eigenvalue weighted by Crippen LogP contribution is 2.34. The first-order chi connectivity index (χ1) is 12.8. The zero-order valence-electron chi connectivity index (χ0n) is 16.0. The number of anilines is 1. The third-order valence-electron chi connectivity index (χ3n) is 4.45. The van der Waals surface area contributed by atoms with Crippen LogP contribution < -0.4 is 10.9 Å². The van der Waals surface area contributed by atoms with Crippen LogP contribution in [0.25, 0.3) is 0 Å². The lowest BCUT2D eigenvalue weighted by atomic mass is 9.88. The molecule has 2 atom stereocenters. The minimum atomic E-state index is -0.636. The van der Waals surface area contributed by atoms with Crippen LogP contribution in [-0.4, -0.2) is 22.4 Å². The zero-order valence-corrected chi connectivity index (χ0v) is 16.0. The van der Waals surface area contributed by atoms with Crippen LogP contribution in [0.15, 0.2) is 53.5 Å². The van der Waals surface area contributed by atoms with E-state index < -0.39 is 11.7 Å². The van der Waals surface area contributed by atoms with Crippen LogP contribution in [0, 0.1) is 0 Å². The van der Waals surface area contributed by atoms with Gasteiger partial charge in [0.2, 0.25) is 0 Å². The third-order valence-corrected chi connectivity index (χ3v) is 4.45. The number of hydrogen-bond acceptors (Lipinski definition) is 4. The molecule has 1 aromatic carbocycles. The first-order valence-corrected chi connectivity index (χ1v) is 9.20. The highest BCUT2D eigenvalue weighted by Gasteiger charge is 2.34. The molecular weight excluding hydrogens is 344 g/mol. The van der Waals surface area contributed by atoms with E-state index in [9.17, 15) is 9.59 Å². The van der Waals surface area contributed by atoms with E-state index in [1.807, 2.05) is 30.3 Å². The second-order valence-corrected chi connectivity index (χ2v) is 7.74. The second kappa shape index (κ2) is 7.96. The SMILES string of the molecule is CC(C)(C)OC(=O)Nc1cccn(C2CCC2OCc2ccccc2)c1=O. The number of aromatic nitrogens is 1. The van der Waals surface area contributed by atoms with Crippen LogP contribution >= 0.6 is 0 Å². The average Bonchev–Trinajstić information content (AvgIpc) is 2.57. The molecule has 6 nitrogen and oxygen atoms in total. The fraction of sp³-hybridized carbons (Fsp3) is 0.429. The summed E-state index contributed by atoms with van der Waals surface area (Å²) in [6.07, 6.45) is 2.87. The van der Waals surface area contributed by atoms with Crippen molar-refractivity contribution in [1.82, 2.24) is 4.57 Å². The van der Waals surface area contributed by atoms with Crippen molar-refractivity contribution in [2.75, 3.05) is 5.32 Å². The maximum Gasteiger partial charge on any atom is 0.412 e. The number of ether oxygens (including phenoxy) is 2.